The van der Waals surface area contributed by atoms with Gasteiger partial charge in [0, 0.05) is 23.5 Å². The van der Waals surface area contributed by atoms with Crippen molar-refractivity contribution in [3.63, 3.8) is 0 Å². The average Bonchev–Trinajstić information content (AvgIpc) is 2.98. The second-order valence-electron chi connectivity index (χ2n) is 9.57. The topological polar surface area (TPSA) is 51.5 Å². The van der Waals surface area contributed by atoms with Crippen LogP contribution in [0.5, 0.6) is 5.75 Å². The molecule has 0 aliphatic heterocycles. The van der Waals surface area contributed by atoms with Gasteiger partial charge in [0.05, 0.1) is 6.61 Å². The second-order valence-corrected chi connectivity index (χ2v) is 9.57. The number of nitrogens with one attached hydrogen (secondary N) is 1. The Balaban J connectivity index is 1.95. The van der Waals surface area contributed by atoms with Crippen molar-refractivity contribution < 1.29 is 4.74 Å². The van der Waals surface area contributed by atoms with Crippen molar-refractivity contribution in [2.24, 2.45) is 5.41 Å². The van der Waals surface area contributed by atoms with Gasteiger partial charge >= 0.3 is 0 Å². The van der Waals surface area contributed by atoms with Gasteiger partial charge in [-0.15, -0.1) is 0 Å². The third kappa shape index (κ3) is 5.49. The van der Waals surface area contributed by atoms with Gasteiger partial charge in [-0.25, -0.2) is 9.97 Å². The SMILES string of the molecule is CCCCOc1ccc(-c2nc3ncccn3c2NC(C)(C)CC(C)(C)C)cc1. The summed E-state index contributed by atoms with van der Waals surface area (Å²) >= 11 is 0. The molecule has 0 aliphatic carbocycles. The Morgan fingerprint density at radius 3 is 2.45 bits per heavy atom. The molecule has 0 saturated heterocycles. The van der Waals surface area contributed by atoms with E-state index in [-0.39, 0.29) is 11.0 Å². The van der Waals surface area contributed by atoms with E-state index in [4.69, 9.17) is 9.72 Å². The third-order valence-corrected chi connectivity index (χ3v) is 4.73. The minimum atomic E-state index is -0.0952. The van der Waals surface area contributed by atoms with E-state index in [1.165, 1.54) is 0 Å². The van der Waals surface area contributed by atoms with Crippen molar-refractivity contribution in [1.82, 2.24) is 14.4 Å². The molecule has 0 fully saturated rings. The number of ether oxygens (including phenoxy) is 1. The van der Waals surface area contributed by atoms with Crippen molar-refractivity contribution in [2.45, 2.75) is 66.3 Å². The fourth-order valence-electron chi connectivity index (χ4n) is 3.94. The first-order chi connectivity index (χ1) is 13.7. The molecule has 29 heavy (non-hydrogen) atoms. The minimum Gasteiger partial charge on any atom is -0.494 e. The molecule has 0 unspecified atom stereocenters. The Labute approximate surface area is 174 Å². The van der Waals surface area contributed by atoms with Crippen LogP contribution in [0.25, 0.3) is 17.0 Å². The van der Waals surface area contributed by atoms with Gasteiger partial charge in [0.15, 0.2) is 0 Å². The summed E-state index contributed by atoms with van der Waals surface area (Å²) in [7, 11) is 0. The molecule has 1 aromatic carbocycles. The number of anilines is 1. The van der Waals surface area contributed by atoms with Gasteiger partial charge in [-0.1, -0.05) is 34.1 Å². The summed E-state index contributed by atoms with van der Waals surface area (Å²) < 4.78 is 7.84. The number of rotatable bonds is 8. The van der Waals surface area contributed by atoms with Gasteiger partial charge in [-0.05, 0) is 62.4 Å². The standard InChI is InChI=1S/C24H34N4O/c1-7-8-16-29-19-12-10-18(11-13-19)20-21(27-24(5,6)17-23(2,3)4)28-15-9-14-25-22(28)26-20/h9-15,27H,7-8,16-17H2,1-6H3. The normalized spacial score (nSPS) is 12.3. The molecule has 2 heterocycles. The van der Waals surface area contributed by atoms with E-state index in [1.54, 1.807) is 6.20 Å². The number of benzene rings is 1. The quantitative estimate of drug-likeness (QED) is 0.462. The minimum absolute atomic E-state index is 0.0952. The average molecular weight is 395 g/mol. The fourth-order valence-corrected chi connectivity index (χ4v) is 3.94. The first kappa shape index (κ1) is 21.2. The number of hydrogen-bond acceptors (Lipinski definition) is 4. The zero-order valence-corrected chi connectivity index (χ0v) is 18.6. The Bertz CT molecular complexity index is 936. The van der Waals surface area contributed by atoms with Crippen LogP contribution in [0, 0.1) is 5.41 Å². The molecule has 0 radical (unpaired) electrons. The van der Waals surface area contributed by atoms with Crippen LogP contribution >= 0.6 is 0 Å². The second kappa shape index (κ2) is 8.44. The maximum absolute atomic E-state index is 5.81. The summed E-state index contributed by atoms with van der Waals surface area (Å²) in [5, 5.41) is 3.75. The van der Waals surface area contributed by atoms with Gasteiger partial charge in [0.1, 0.15) is 17.3 Å². The summed E-state index contributed by atoms with van der Waals surface area (Å²) in [6.45, 7) is 14.2. The summed E-state index contributed by atoms with van der Waals surface area (Å²) in [4.78, 5) is 9.26. The Morgan fingerprint density at radius 1 is 1.07 bits per heavy atom. The lowest BCUT2D eigenvalue weighted by Crippen LogP contribution is -2.36. The number of hydrogen-bond donors (Lipinski definition) is 1. The van der Waals surface area contributed by atoms with E-state index in [1.807, 2.05) is 28.8 Å². The molecule has 0 saturated carbocycles. The maximum Gasteiger partial charge on any atom is 0.235 e. The number of nitrogens with zero attached hydrogens (tertiary/aromatic N) is 3. The molecule has 0 spiro atoms. The van der Waals surface area contributed by atoms with Gasteiger partial charge in [0.25, 0.3) is 0 Å². The van der Waals surface area contributed by atoms with Crippen LogP contribution in [0.15, 0.2) is 42.7 Å². The zero-order chi connectivity index (χ0) is 21.1. The monoisotopic (exact) mass is 394 g/mol. The van der Waals surface area contributed by atoms with Crippen LogP contribution in [0.2, 0.25) is 0 Å². The van der Waals surface area contributed by atoms with Gasteiger partial charge in [-0.3, -0.25) is 4.40 Å². The van der Waals surface area contributed by atoms with Crippen LogP contribution in [-0.4, -0.2) is 26.5 Å². The molecule has 1 N–H and O–H groups in total. The Kier molecular flexibility index (Phi) is 6.15. The summed E-state index contributed by atoms with van der Waals surface area (Å²) in [6.07, 6.45) is 7.01. The van der Waals surface area contributed by atoms with E-state index in [0.29, 0.717) is 5.78 Å². The van der Waals surface area contributed by atoms with Gasteiger partial charge in [-0.2, -0.15) is 0 Å². The highest BCUT2D eigenvalue weighted by Gasteiger charge is 2.28. The van der Waals surface area contributed by atoms with Crippen molar-refractivity contribution >= 4 is 11.6 Å². The number of imidazole rings is 1. The highest BCUT2D eigenvalue weighted by atomic mass is 16.5. The van der Waals surface area contributed by atoms with Crippen LogP contribution < -0.4 is 10.1 Å². The molecular formula is C24H34N4O. The third-order valence-electron chi connectivity index (χ3n) is 4.73. The van der Waals surface area contributed by atoms with Crippen LogP contribution in [-0.2, 0) is 0 Å². The predicted molar refractivity (Wildman–Crippen MR) is 121 cm³/mol. The molecule has 3 rings (SSSR count). The highest BCUT2D eigenvalue weighted by molar-refractivity contribution is 5.76. The van der Waals surface area contributed by atoms with Crippen molar-refractivity contribution in [2.75, 3.05) is 11.9 Å². The summed E-state index contributed by atoms with van der Waals surface area (Å²) in [5.41, 5.74) is 2.08. The van der Waals surface area contributed by atoms with Crippen LogP contribution in [0.1, 0.15) is 60.8 Å². The van der Waals surface area contributed by atoms with E-state index in [9.17, 15) is 0 Å². The number of aromatic nitrogens is 3. The van der Waals surface area contributed by atoms with Crippen LogP contribution in [0.4, 0.5) is 5.82 Å². The van der Waals surface area contributed by atoms with Crippen LogP contribution in [0.3, 0.4) is 0 Å². The first-order valence-corrected chi connectivity index (χ1v) is 10.5. The number of unbranched alkanes of at least 4 members (excludes halogenated alkanes) is 1. The molecule has 3 aromatic rings. The first-order valence-electron chi connectivity index (χ1n) is 10.5. The van der Waals surface area contributed by atoms with Gasteiger partial charge in [0.2, 0.25) is 5.78 Å². The Morgan fingerprint density at radius 2 is 1.79 bits per heavy atom. The lowest BCUT2D eigenvalue weighted by atomic mass is 9.82. The smallest absolute Gasteiger partial charge is 0.235 e. The lowest BCUT2D eigenvalue weighted by Gasteiger charge is -2.34. The molecular weight excluding hydrogens is 360 g/mol. The van der Waals surface area contributed by atoms with E-state index in [2.05, 4.69) is 64.0 Å². The summed E-state index contributed by atoms with van der Waals surface area (Å²) in [6, 6.07) is 10.1. The van der Waals surface area contributed by atoms with E-state index >= 15 is 0 Å². The van der Waals surface area contributed by atoms with E-state index in [0.717, 1.165) is 48.7 Å². The lowest BCUT2D eigenvalue weighted by molar-refractivity contribution is 0.302. The molecule has 0 aliphatic rings. The maximum atomic E-state index is 5.81. The molecule has 5 heteroatoms. The fraction of sp³-hybridized carbons (Fsp3) is 0.500. The molecule has 2 aromatic heterocycles. The Hall–Kier alpha value is -2.56. The molecule has 5 nitrogen and oxygen atoms in total. The van der Waals surface area contributed by atoms with Gasteiger partial charge < -0.3 is 10.1 Å². The highest BCUT2D eigenvalue weighted by Crippen LogP contribution is 2.35. The van der Waals surface area contributed by atoms with Crippen molar-refractivity contribution in [3.8, 4) is 17.0 Å². The zero-order valence-electron chi connectivity index (χ0n) is 18.6. The van der Waals surface area contributed by atoms with Crippen molar-refractivity contribution in [3.05, 3.63) is 42.7 Å². The number of fused-ring (bicyclic) bond motifs is 1. The molecule has 0 amide bonds. The largest absolute Gasteiger partial charge is 0.494 e. The van der Waals surface area contributed by atoms with E-state index < -0.39 is 0 Å². The molecule has 0 atom stereocenters. The van der Waals surface area contributed by atoms with Crippen molar-refractivity contribution in [1.29, 1.82) is 0 Å². The predicted octanol–water partition coefficient (Wildman–Crippen LogP) is 6.20. The summed E-state index contributed by atoms with van der Waals surface area (Å²) in [5.74, 6) is 2.56. The molecule has 156 valence electrons. The molecule has 0 bridgehead atoms.